The van der Waals surface area contributed by atoms with Crippen molar-refractivity contribution in [2.75, 3.05) is 21.3 Å². The van der Waals surface area contributed by atoms with Crippen LogP contribution in [0.3, 0.4) is 0 Å². The fraction of sp³-hybridized carbons (Fsp3) is 0.438. The Hall–Kier alpha value is 0.289. The number of phenols is 1. The van der Waals surface area contributed by atoms with Crippen molar-refractivity contribution in [3.05, 3.63) is 51.6 Å². The summed E-state index contributed by atoms with van der Waals surface area (Å²) < 4.78 is 0. The maximum atomic E-state index is 9.57. The number of aromatic hydroxyl groups is 1. The van der Waals surface area contributed by atoms with Crippen molar-refractivity contribution in [1.82, 2.24) is 0 Å². The minimum atomic E-state index is -0.374. The molecule has 1 aliphatic carbocycles. The van der Waals surface area contributed by atoms with Crippen molar-refractivity contribution in [2.24, 2.45) is 0 Å². The van der Waals surface area contributed by atoms with E-state index in [9.17, 15) is 10.2 Å². The third-order valence-corrected chi connectivity index (χ3v) is 2.45. The second kappa shape index (κ2) is 30.2. The van der Waals surface area contributed by atoms with Gasteiger partial charge in [0.25, 0.3) is 0 Å². The number of hydrogen-bond donors (Lipinski definition) is 5. The molecule has 0 aliphatic heterocycles. The quantitative estimate of drug-likeness (QED) is 0.338. The van der Waals surface area contributed by atoms with E-state index in [0.717, 1.165) is 51.7 Å². The normalized spacial score (nSPS) is 12.2. The van der Waals surface area contributed by atoms with Gasteiger partial charge in [0.05, 0.1) is 6.10 Å². The van der Waals surface area contributed by atoms with Crippen LogP contribution < -0.4 is 0 Å². The van der Waals surface area contributed by atoms with E-state index in [0.29, 0.717) is 5.75 Å². The van der Waals surface area contributed by atoms with Crippen molar-refractivity contribution in [3.8, 4) is 5.75 Å². The molecule has 0 saturated heterocycles. The standard InChI is InChI=1S/C10H12O2.3CH4O.3CH3.2Ti/c11-9-5-1-3-7-8(9)4-2-6-10(7)12;3*1-2;;;;;/h1,3,5,10-12H,2,4,6H2;3*2H,1H3;3*1H3;;/q;;;;3*-1;;+2. The first kappa shape index (κ1) is 43.6. The van der Waals surface area contributed by atoms with E-state index in [1.807, 2.05) is 6.07 Å². The number of rotatable bonds is 0. The second-order valence-electron chi connectivity index (χ2n) is 3.25. The van der Waals surface area contributed by atoms with Gasteiger partial charge < -0.3 is 47.8 Å². The molecule has 5 N–H and O–H groups in total. The van der Waals surface area contributed by atoms with Gasteiger partial charge in [-0.25, -0.2) is 0 Å². The van der Waals surface area contributed by atoms with Crippen molar-refractivity contribution in [1.29, 1.82) is 0 Å². The van der Waals surface area contributed by atoms with E-state index in [2.05, 4.69) is 0 Å². The predicted octanol–water partition coefficient (Wildman–Crippen LogP) is 1.93. The van der Waals surface area contributed by atoms with Gasteiger partial charge in [-0.1, -0.05) is 12.1 Å². The maximum Gasteiger partial charge on any atom is 2.00 e. The molecule has 5 nitrogen and oxygen atoms in total. The average molecular weight is 401 g/mol. The van der Waals surface area contributed by atoms with Crippen LogP contribution >= 0.6 is 0 Å². The zero-order valence-corrected chi connectivity index (χ0v) is 18.3. The Morgan fingerprint density at radius 2 is 1.35 bits per heavy atom. The van der Waals surface area contributed by atoms with Crippen molar-refractivity contribution in [3.63, 3.8) is 0 Å². The van der Waals surface area contributed by atoms with E-state index in [1.54, 1.807) is 12.1 Å². The summed E-state index contributed by atoms with van der Waals surface area (Å²) in [7, 11) is 3.00. The van der Waals surface area contributed by atoms with Gasteiger partial charge in [-0.2, -0.15) is 0 Å². The molecule has 0 bridgehead atoms. The number of benzene rings is 1. The third kappa shape index (κ3) is 15.6. The molecule has 0 fully saturated rings. The number of aliphatic hydroxyl groups is 4. The van der Waals surface area contributed by atoms with Gasteiger partial charge in [-0.05, 0) is 36.5 Å². The first-order valence-electron chi connectivity index (χ1n) is 5.62. The molecule has 7 heteroatoms. The zero-order valence-electron chi connectivity index (χ0n) is 15.2. The molecule has 23 heavy (non-hydrogen) atoms. The molecule has 0 heterocycles. The van der Waals surface area contributed by atoms with Gasteiger partial charge in [0.1, 0.15) is 5.75 Å². The third-order valence-electron chi connectivity index (χ3n) is 2.45. The Kier molecular flexibility index (Phi) is 57.3. The molecule has 1 aromatic rings. The Balaban J connectivity index is -0.0000000424. The van der Waals surface area contributed by atoms with Crippen molar-refractivity contribution in [2.45, 2.75) is 25.4 Å². The summed E-state index contributed by atoms with van der Waals surface area (Å²) in [6.45, 7) is 0. The maximum absolute atomic E-state index is 9.57. The van der Waals surface area contributed by atoms with Crippen molar-refractivity contribution >= 4 is 0 Å². The van der Waals surface area contributed by atoms with Gasteiger partial charge in [-0.15, -0.1) is 0 Å². The Bertz CT molecular complexity index is 313. The minimum Gasteiger partial charge on any atom is -0.508 e. The molecule has 0 saturated carbocycles. The predicted molar refractivity (Wildman–Crippen MR) is 89.7 cm³/mol. The number of fused-ring (bicyclic) bond motifs is 1. The summed E-state index contributed by atoms with van der Waals surface area (Å²) in [5.74, 6) is 0.325. The molecule has 0 spiro atoms. The van der Waals surface area contributed by atoms with Crippen LogP contribution in [0.25, 0.3) is 0 Å². The Morgan fingerprint density at radius 1 is 0.913 bits per heavy atom. The molecule has 1 aliphatic rings. The van der Waals surface area contributed by atoms with Crippen LogP contribution in [-0.2, 0) is 49.9 Å². The molecule has 1 unspecified atom stereocenters. The van der Waals surface area contributed by atoms with Gasteiger partial charge >= 0.3 is 21.7 Å². The summed E-state index contributed by atoms with van der Waals surface area (Å²) >= 11 is 0. The van der Waals surface area contributed by atoms with E-state index in [-0.39, 0.29) is 71.8 Å². The van der Waals surface area contributed by atoms with Gasteiger partial charge in [-0.3, -0.25) is 0 Å². The first-order chi connectivity index (χ1) is 8.79. The van der Waals surface area contributed by atoms with Crippen LogP contribution in [0.4, 0.5) is 0 Å². The van der Waals surface area contributed by atoms with E-state index >= 15 is 0 Å². The summed E-state index contributed by atoms with van der Waals surface area (Å²) in [5, 5.41) is 40.0. The summed E-state index contributed by atoms with van der Waals surface area (Å²) in [4.78, 5) is 0. The van der Waals surface area contributed by atoms with Gasteiger partial charge in [0, 0.05) is 43.0 Å². The molecule has 136 valence electrons. The number of hydrogen-bond acceptors (Lipinski definition) is 5. The summed E-state index contributed by atoms with van der Waals surface area (Å²) in [6.07, 6.45) is 2.29. The molecule has 1 atom stereocenters. The Labute approximate surface area is 172 Å². The molecule has 0 amide bonds. The number of aliphatic hydroxyl groups excluding tert-OH is 4. The summed E-state index contributed by atoms with van der Waals surface area (Å²) in [6, 6.07) is 5.35. The monoisotopic (exact) mass is 401 g/mol. The van der Waals surface area contributed by atoms with Crippen LogP contribution in [0.2, 0.25) is 0 Å². The van der Waals surface area contributed by atoms with Crippen LogP contribution in [0.15, 0.2) is 18.2 Å². The van der Waals surface area contributed by atoms with Crippen LogP contribution in [-0.4, -0.2) is 46.9 Å². The van der Waals surface area contributed by atoms with Crippen LogP contribution in [0, 0.1) is 22.3 Å². The van der Waals surface area contributed by atoms with E-state index in [1.165, 1.54) is 0 Å². The SMILES string of the molecule is CO.CO.CO.Oc1cccc2c1CCCC2O.[CH3-].[CH3-].[CH3-].[Ti+2].[Ti]. The fourth-order valence-corrected chi connectivity index (χ4v) is 1.80. The largest absolute Gasteiger partial charge is 2.00 e. The first-order valence-corrected chi connectivity index (χ1v) is 5.62. The Morgan fingerprint density at radius 3 is 1.74 bits per heavy atom. The van der Waals surface area contributed by atoms with E-state index < -0.39 is 0 Å². The smallest absolute Gasteiger partial charge is 0.508 e. The van der Waals surface area contributed by atoms with E-state index in [4.69, 9.17) is 15.3 Å². The zero-order chi connectivity index (χ0) is 14.6. The number of phenolic OH excluding ortho intramolecular Hbond substituents is 1. The topological polar surface area (TPSA) is 101 Å². The summed E-state index contributed by atoms with van der Waals surface area (Å²) in [5.41, 5.74) is 1.83. The second-order valence-corrected chi connectivity index (χ2v) is 3.25. The molecule has 0 radical (unpaired) electrons. The minimum absolute atomic E-state index is 0. The van der Waals surface area contributed by atoms with Crippen LogP contribution in [0.5, 0.6) is 5.75 Å². The molecule has 2 rings (SSSR count). The molecule has 1 aromatic carbocycles. The van der Waals surface area contributed by atoms with Crippen molar-refractivity contribution < 1.29 is 69.0 Å². The van der Waals surface area contributed by atoms with Gasteiger partial charge in [0.2, 0.25) is 0 Å². The molecular weight excluding hydrogens is 368 g/mol. The molecule has 0 aromatic heterocycles. The van der Waals surface area contributed by atoms with Crippen LogP contribution in [0.1, 0.15) is 30.1 Å². The fourth-order valence-electron chi connectivity index (χ4n) is 1.80. The average Bonchev–Trinajstić information content (AvgIpc) is 2.47. The van der Waals surface area contributed by atoms with Gasteiger partial charge in [0.15, 0.2) is 0 Å². The molecular formula is C16H33O5Ti2-.